The molecule has 5 atom stereocenters. The molecule has 1 aliphatic rings. The van der Waals surface area contributed by atoms with Crippen LogP contribution < -0.4 is 0 Å². The third-order valence-electron chi connectivity index (χ3n) is 1.84. The molecule has 0 aromatic rings. The molecule has 72 valence electrons. The largest absolute Gasteiger partial charge is 0.394 e. The molecule has 0 spiro atoms. The monoisotopic (exact) mass is 196 g/mol. The van der Waals surface area contributed by atoms with Gasteiger partial charge in [-0.25, -0.2) is 0 Å². The van der Waals surface area contributed by atoms with E-state index in [-0.39, 0.29) is 0 Å². The summed E-state index contributed by atoms with van der Waals surface area (Å²) >= 11 is 3.81. The molecular weight excluding hydrogens is 184 g/mol. The molecule has 4 N–H and O–H groups in total. The zero-order chi connectivity index (χ0) is 9.30. The average Bonchev–Trinajstić information content (AvgIpc) is 2.32. The van der Waals surface area contributed by atoms with Crippen LogP contribution in [0.5, 0.6) is 0 Å². The number of rotatable bonds is 2. The molecule has 0 aromatic heterocycles. The zero-order valence-electron chi connectivity index (χ0n) is 6.24. The summed E-state index contributed by atoms with van der Waals surface area (Å²) in [7, 11) is 0. The Hall–Kier alpha value is 0.150. The van der Waals surface area contributed by atoms with Crippen LogP contribution in [0.1, 0.15) is 0 Å². The smallest absolute Gasteiger partial charge is 0.129 e. The van der Waals surface area contributed by atoms with E-state index in [1.54, 1.807) is 0 Å². The molecule has 0 unspecified atom stereocenters. The van der Waals surface area contributed by atoms with E-state index >= 15 is 0 Å². The quantitative estimate of drug-likeness (QED) is 0.321. The third kappa shape index (κ3) is 1.73. The summed E-state index contributed by atoms with van der Waals surface area (Å²) in [4.78, 5) is 0. The minimum atomic E-state index is -1.20. The van der Waals surface area contributed by atoms with E-state index in [1.807, 2.05) is 0 Å². The van der Waals surface area contributed by atoms with Crippen molar-refractivity contribution in [3.8, 4) is 0 Å². The normalized spacial score (nSPS) is 44.8. The van der Waals surface area contributed by atoms with Gasteiger partial charge in [-0.15, -0.1) is 12.6 Å². The Balaban J connectivity index is 2.58. The molecule has 6 heteroatoms. The third-order valence-corrected chi connectivity index (χ3v) is 2.27. The number of thiol groups is 1. The van der Waals surface area contributed by atoms with Gasteiger partial charge in [-0.1, -0.05) is 0 Å². The first-order valence-electron chi connectivity index (χ1n) is 3.56. The van der Waals surface area contributed by atoms with Crippen LogP contribution in [0.15, 0.2) is 0 Å². The van der Waals surface area contributed by atoms with E-state index in [0.29, 0.717) is 0 Å². The minimum Gasteiger partial charge on any atom is -0.394 e. The minimum absolute atomic E-state index is 0.519. The van der Waals surface area contributed by atoms with Crippen LogP contribution in [0.3, 0.4) is 0 Å². The summed E-state index contributed by atoms with van der Waals surface area (Å²) < 4.78 is 4.89. The van der Waals surface area contributed by atoms with Gasteiger partial charge < -0.3 is 25.2 Å². The highest BCUT2D eigenvalue weighted by Crippen LogP contribution is 2.25. The number of aliphatic hydroxyl groups excluding tert-OH is 4. The van der Waals surface area contributed by atoms with Crippen LogP contribution in [0.4, 0.5) is 0 Å². The van der Waals surface area contributed by atoms with Gasteiger partial charge in [0.2, 0.25) is 0 Å². The summed E-state index contributed by atoms with van der Waals surface area (Å²) in [5.74, 6) is 0. The van der Waals surface area contributed by atoms with E-state index in [1.165, 1.54) is 0 Å². The summed E-state index contributed by atoms with van der Waals surface area (Å²) in [6.45, 7) is -0.519. The molecule has 0 saturated carbocycles. The lowest BCUT2D eigenvalue weighted by Crippen LogP contribution is -2.40. The number of hydrogen-bond donors (Lipinski definition) is 5. The van der Waals surface area contributed by atoms with E-state index in [9.17, 15) is 5.11 Å². The van der Waals surface area contributed by atoms with Crippen LogP contribution in [0, 0.1) is 0 Å². The topological polar surface area (TPSA) is 90.2 Å². The lowest BCUT2D eigenvalue weighted by molar-refractivity contribution is -0.0711. The Labute approximate surface area is 75.0 Å². The Morgan fingerprint density at radius 1 is 1.33 bits per heavy atom. The van der Waals surface area contributed by atoms with Gasteiger partial charge in [0, 0.05) is 0 Å². The Morgan fingerprint density at radius 3 is 2.25 bits per heavy atom. The Bertz CT molecular complexity index is 155. The van der Waals surface area contributed by atoms with Crippen molar-refractivity contribution in [2.24, 2.45) is 0 Å². The van der Waals surface area contributed by atoms with Gasteiger partial charge in [0.25, 0.3) is 0 Å². The number of ether oxygens (including phenoxy) is 1. The van der Waals surface area contributed by atoms with Gasteiger partial charge in [0.15, 0.2) is 0 Å². The maximum absolute atomic E-state index is 9.23. The number of hydrogen-bond acceptors (Lipinski definition) is 6. The lowest BCUT2D eigenvalue weighted by atomic mass is 10.1. The predicted octanol–water partition coefficient (Wildman–Crippen LogP) is -2.28. The fraction of sp³-hybridized carbons (Fsp3) is 1.00. The van der Waals surface area contributed by atoms with Crippen LogP contribution in [0.25, 0.3) is 0 Å². The van der Waals surface area contributed by atoms with Gasteiger partial charge in [0.1, 0.15) is 29.9 Å². The highest BCUT2D eigenvalue weighted by Gasteiger charge is 2.44. The fourth-order valence-corrected chi connectivity index (χ4v) is 1.42. The summed E-state index contributed by atoms with van der Waals surface area (Å²) in [6, 6.07) is 0. The average molecular weight is 196 g/mol. The highest BCUT2D eigenvalue weighted by molar-refractivity contribution is 7.80. The van der Waals surface area contributed by atoms with E-state index < -0.39 is 36.5 Å². The van der Waals surface area contributed by atoms with Gasteiger partial charge >= 0.3 is 0 Å². The second-order valence-corrected chi connectivity index (χ2v) is 3.23. The molecular formula is C6H12O5S. The molecule has 0 bridgehead atoms. The molecule has 1 rings (SSSR count). The summed E-state index contributed by atoms with van der Waals surface area (Å²) in [5, 5.41) is 36.0. The van der Waals surface area contributed by atoms with Gasteiger partial charge in [-0.05, 0) is 0 Å². The van der Waals surface area contributed by atoms with Crippen molar-refractivity contribution < 1.29 is 25.2 Å². The molecule has 1 saturated heterocycles. The standard InChI is InChI=1S/C6H12O5S/c7-1-2(8)5-3(9)4(10)6(12)11-5/h2-10,12H,1H2/t2-,3-,4-,5+,6+/m1/s1. The molecule has 1 aliphatic heterocycles. The summed E-state index contributed by atoms with van der Waals surface area (Å²) in [6.07, 6.45) is -4.48. The van der Waals surface area contributed by atoms with Crippen LogP contribution in [-0.4, -0.2) is 56.9 Å². The molecule has 1 heterocycles. The van der Waals surface area contributed by atoms with Crippen LogP contribution in [0.2, 0.25) is 0 Å². The predicted molar refractivity (Wildman–Crippen MR) is 42.8 cm³/mol. The Kier molecular flexibility index (Phi) is 3.33. The van der Waals surface area contributed by atoms with Crippen LogP contribution in [-0.2, 0) is 4.74 Å². The van der Waals surface area contributed by atoms with Gasteiger partial charge in [0.05, 0.1) is 6.61 Å². The van der Waals surface area contributed by atoms with Crippen molar-refractivity contribution >= 4 is 12.6 Å². The first-order valence-corrected chi connectivity index (χ1v) is 4.08. The molecule has 0 amide bonds. The Morgan fingerprint density at radius 2 is 1.92 bits per heavy atom. The summed E-state index contributed by atoms with van der Waals surface area (Å²) in [5.41, 5.74) is -0.814. The molecule has 0 aromatic carbocycles. The fourth-order valence-electron chi connectivity index (χ4n) is 1.11. The number of aliphatic hydroxyl groups is 4. The second kappa shape index (κ2) is 3.91. The molecule has 5 nitrogen and oxygen atoms in total. The van der Waals surface area contributed by atoms with E-state index in [2.05, 4.69) is 12.6 Å². The molecule has 0 radical (unpaired) electrons. The molecule has 0 aliphatic carbocycles. The van der Waals surface area contributed by atoms with Crippen molar-refractivity contribution in [2.45, 2.75) is 29.9 Å². The van der Waals surface area contributed by atoms with Crippen molar-refractivity contribution in [1.82, 2.24) is 0 Å². The second-order valence-electron chi connectivity index (χ2n) is 2.72. The van der Waals surface area contributed by atoms with E-state index in [4.69, 9.17) is 20.1 Å². The maximum atomic E-state index is 9.23. The first kappa shape index (κ1) is 10.2. The first-order chi connectivity index (χ1) is 5.57. The van der Waals surface area contributed by atoms with E-state index in [0.717, 1.165) is 0 Å². The highest BCUT2D eigenvalue weighted by atomic mass is 32.1. The lowest BCUT2D eigenvalue weighted by Gasteiger charge is -2.18. The van der Waals surface area contributed by atoms with Crippen molar-refractivity contribution in [1.29, 1.82) is 0 Å². The SMILES string of the molecule is OC[C@@H](O)[C@@H]1O[C@@H](S)[C@H](O)[C@H]1O. The van der Waals surface area contributed by atoms with Crippen LogP contribution >= 0.6 is 12.6 Å². The molecule has 12 heavy (non-hydrogen) atoms. The van der Waals surface area contributed by atoms with Gasteiger partial charge in [-0.3, -0.25) is 0 Å². The zero-order valence-corrected chi connectivity index (χ0v) is 7.13. The van der Waals surface area contributed by atoms with Crippen molar-refractivity contribution in [2.75, 3.05) is 6.61 Å². The maximum Gasteiger partial charge on any atom is 0.129 e. The van der Waals surface area contributed by atoms with Crippen molar-refractivity contribution in [3.63, 3.8) is 0 Å². The van der Waals surface area contributed by atoms with Crippen molar-refractivity contribution in [3.05, 3.63) is 0 Å². The van der Waals surface area contributed by atoms with Gasteiger partial charge in [-0.2, -0.15) is 0 Å². The molecule has 1 fully saturated rings.